The van der Waals surface area contributed by atoms with E-state index in [4.69, 9.17) is 4.74 Å². The molecule has 0 unspecified atom stereocenters. The second-order valence-electron chi connectivity index (χ2n) is 6.25. The molecule has 0 fully saturated rings. The lowest BCUT2D eigenvalue weighted by Gasteiger charge is -2.31. The van der Waals surface area contributed by atoms with Gasteiger partial charge in [0.15, 0.2) is 0 Å². The van der Waals surface area contributed by atoms with Crippen molar-refractivity contribution in [2.45, 2.75) is 33.0 Å². The predicted octanol–water partition coefficient (Wildman–Crippen LogP) is 3.46. The number of esters is 1. The van der Waals surface area contributed by atoms with Gasteiger partial charge in [-0.25, -0.2) is 9.78 Å². The van der Waals surface area contributed by atoms with E-state index in [1.165, 1.54) is 7.11 Å². The summed E-state index contributed by atoms with van der Waals surface area (Å²) in [5, 5.41) is 0. The minimum atomic E-state index is -4.42. The van der Waals surface area contributed by atoms with Crippen molar-refractivity contribution in [2.75, 3.05) is 18.6 Å². The smallest absolute Gasteiger partial charge is 0.417 e. The summed E-state index contributed by atoms with van der Waals surface area (Å²) in [5.41, 5.74) is 2.13. The number of carbonyl (C=O) groups excluding carboxylic acids is 1. The molecule has 0 saturated carbocycles. The van der Waals surface area contributed by atoms with Gasteiger partial charge in [0, 0.05) is 31.4 Å². The van der Waals surface area contributed by atoms with Gasteiger partial charge in [0.25, 0.3) is 0 Å². The molecule has 5 nitrogen and oxygen atoms in total. The van der Waals surface area contributed by atoms with Crippen molar-refractivity contribution in [3.8, 4) is 0 Å². The number of rotatable bonds is 2. The Morgan fingerprint density at radius 1 is 1.27 bits per heavy atom. The summed E-state index contributed by atoms with van der Waals surface area (Å²) in [6, 6.07) is 2.85. The number of ether oxygens (including phenoxy) is 1. The molecule has 0 atom stereocenters. The van der Waals surface area contributed by atoms with Crippen molar-refractivity contribution < 1.29 is 22.7 Å². The topological polar surface area (TPSA) is 55.3 Å². The maximum Gasteiger partial charge on any atom is 0.417 e. The molecule has 0 saturated heterocycles. The molecule has 0 radical (unpaired) electrons. The van der Waals surface area contributed by atoms with Crippen molar-refractivity contribution in [2.24, 2.45) is 0 Å². The second kappa shape index (κ2) is 6.59. The van der Waals surface area contributed by atoms with Crippen LogP contribution >= 0.6 is 0 Å². The number of hydrogen-bond acceptors (Lipinski definition) is 5. The minimum Gasteiger partial charge on any atom is -0.465 e. The Bertz CT molecular complexity index is 865. The highest BCUT2D eigenvalue weighted by molar-refractivity contribution is 5.91. The lowest BCUT2D eigenvalue weighted by molar-refractivity contribution is -0.137. The van der Waals surface area contributed by atoms with Crippen molar-refractivity contribution in [1.29, 1.82) is 0 Å². The number of pyridine rings is 2. The molecule has 1 aliphatic rings. The van der Waals surface area contributed by atoms with Crippen LogP contribution in [-0.4, -0.2) is 29.6 Å². The second-order valence-corrected chi connectivity index (χ2v) is 6.25. The molecule has 2 aromatic rings. The summed E-state index contributed by atoms with van der Waals surface area (Å²) in [4.78, 5) is 22.2. The Balaban J connectivity index is 1.93. The molecule has 2 aromatic heterocycles. The summed E-state index contributed by atoms with van der Waals surface area (Å²) in [5.74, 6) is 0.186. The lowest BCUT2D eigenvalue weighted by Crippen LogP contribution is -2.33. The molecule has 8 heteroatoms. The first-order valence-corrected chi connectivity index (χ1v) is 8.07. The van der Waals surface area contributed by atoms with E-state index in [0.717, 1.165) is 17.8 Å². The van der Waals surface area contributed by atoms with Gasteiger partial charge in [0.1, 0.15) is 5.82 Å². The van der Waals surface area contributed by atoms with E-state index in [1.807, 2.05) is 11.8 Å². The van der Waals surface area contributed by atoms with Crippen LogP contribution in [0.15, 0.2) is 18.3 Å². The fourth-order valence-electron chi connectivity index (χ4n) is 3.09. The van der Waals surface area contributed by atoms with Gasteiger partial charge in [-0.1, -0.05) is 0 Å². The average molecular weight is 365 g/mol. The van der Waals surface area contributed by atoms with Crippen molar-refractivity contribution in [3.05, 3.63) is 52.0 Å². The molecule has 0 aromatic carbocycles. The SMILES string of the molecule is COC(=O)c1cc(C)c(N2CCc3ncc(C(F)(F)F)cc3C2)nc1C. The van der Waals surface area contributed by atoms with Gasteiger partial charge in [0.2, 0.25) is 0 Å². The largest absolute Gasteiger partial charge is 0.465 e. The number of fused-ring (bicyclic) bond motifs is 1. The maximum absolute atomic E-state index is 12.9. The van der Waals surface area contributed by atoms with E-state index in [0.29, 0.717) is 41.3 Å². The fourth-order valence-corrected chi connectivity index (χ4v) is 3.09. The Morgan fingerprint density at radius 3 is 2.65 bits per heavy atom. The highest BCUT2D eigenvalue weighted by Gasteiger charge is 2.32. The predicted molar refractivity (Wildman–Crippen MR) is 89.0 cm³/mol. The first-order chi connectivity index (χ1) is 12.2. The summed E-state index contributed by atoms with van der Waals surface area (Å²) in [7, 11) is 1.30. The third kappa shape index (κ3) is 3.36. The van der Waals surface area contributed by atoms with E-state index >= 15 is 0 Å². The highest BCUT2D eigenvalue weighted by atomic mass is 19.4. The zero-order chi connectivity index (χ0) is 19.1. The molecule has 0 spiro atoms. The van der Waals surface area contributed by atoms with Crippen LogP contribution in [0.25, 0.3) is 0 Å². The molecule has 3 rings (SSSR count). The molecule has 0 aliphatic carbocycles. The van der Waals surface area contributed by atoms with Gasteiger partial charge < -0.3 is 9.64 Å². The first kappa shape index (κ1) is 18.2. The number of nitrogens with zero attached hydrogens (tertiary/aromatic N) is 3. The van der Waals surface area contributed by atoms with Crippen LogP contribution in [0.4, 0.5) is 19.0 Å². The van der Waals surface area contributed by atoms with Crippen LogP contribution in [0.3, 0.4) is 0 Å². The molecule has 0 amide bonds. The average Bonchev–Trinajstić information content (AvgIpc) is 2.61. The third-order valence-corrected chi connectivity index (χ3v) is 4.45. The zero-order valence-corrected chi connectivity index (χ0v) is 14.6. The minimum absolute atomic E-state index is 0.289. The quantitative estimate of drug-likeness (QED) is 0.763. The third-order valence-electron chi connectivity index (χ3n) is 4.45. The van der Waals surface area contributed by atoms with Crippen molar-refractivity contribution in [1.82, 2.24) is 9.97 Å². The Labute approximate surface area is 148 Å². The van der Waals surface area contributed by atoms with E-state index in [-0.39, 0.29) is 6.54 Å². The van der Waals surface area contributed by atoms with Crippen LogP contribution in [0.1, 0.15) is 38.4 Å². The van der Waals surface area contributed by atoms with Gasteiger partial charge in [0.05, 0.1) is 23.9 Å². The molecule has 26 heavy (non-hydrogen) atoms. The summed E-state index contributed by atoms with van der Waals surface area (Å²) < 4.78 is 43.6. The zero-order valence-electron chi connectivity index (χ0n) is 14.6. The van der Waals surface area contributed by atoms with Gasteiger partial charge in [-0.3, -0.25) is 4.98 Å². The monoisotopic (exact) mass is 365 g/mol. The number of alkyl halides is 3. The first-order valence-electron chi connectivity index (χ1n) is 8.07. The Kier molecular flexibility index (Phi) is 4.60. The number of anilines is 1. The molecular formula is C18H18F3N3O2. The lowest BCUT2D eigenvalue weighted by atomic mass is 10.0. The molecule has 0 N–H and O–H groups in total. The number of hydrogen-bond donors (Lipinski definition) is 0. The number of aryl methyl sites for hydroxylation is 2. The van der Waals surface area contributed by atoms with E-state index < -0.39 is 17.7 Å². The molecule has 0 bridgehead atoms. The van der Waals surface area contributed by atoms with Gasteiger partial charge in [-0.05, 0) is 37.1 Å². The van der Waals surface area contributed by atoms with Crippen molar-refractivity contribution >= 4 is 11.8 Å². The van der Waals surface area contributed by atoms with Crippen LogP contribution < -0.4 is 4.90 Å². The van der Waals surface area contributed by atoms with Crippen LogP contribution in [0.5, 0.6) is 0 Å². The molecular weight excluding hydrogens is 347 g/mol. The van der Waals surface area contributed by atoms with Crippen molar-refractivity contribution in [3.63, 3.8) is 0 Å². The van der Waals surface area contributed by atoms with Crippen LogP contribution in [-0.2, 0) is 23.9 Å². The number of methoxy groups -OCH3 is 1. The Morgan fingerprint density at radius 2 is 2.00 bits per heavy atom. The number of carbonyl (C=O) groups is 1. The van der Waals surface area contributed by atoms with Gasteiger partial charge in [-0.15, -0.1) is 0 Å². The number of aromatic nitrogens is 2. The summed E-state index contributed by atoms with van der Waals surface area (Å²) in [6.45, 7) is 4.40. The van der Waals surface area contributed by atoms with Gasteiger partial charge in [-0.2, -0.15) is 13.2 Å². The number of halogens is 3. The fraction of sp³-hybridized carbons (Fsp3) is 0.389. The maximum atomic E-state index is 12.9. The molecule has 138 valence electrons. The molecule has 1 aliphatic heterocycles. The standard InChI is InChI=1S/C18H18F3N3O2/c1-10-6-14(17(25)26-3)11(2)23-16(10)24-5-4-15-12(9-24)7-13(8-22-15)18(19,20)21/h6-8H,4-5,9H2,1-3H3. The summed E-state index contributed by atoms with van der Waals surface area (Å²) in [6.07, 6.45) is -3.00. The van der Waals surface area contributed by atoms with Crippen LogP contribution in [0.2, 0.25) is 0 Å². The van der Waals surface area contributed by atoms with Gasteiger partial charge >= 0.3 is 12.1 Å². The van der Waals surface area contributed by atoms with E-state index in [1.54, 1.807) is 13.0 Å². The molecule has 3 heterocycles. The Hall–Kier alpha value is -2.64. The van der Waals surface area contributed by atoms with Crippen LogP contribution in [0, 0.1) is 13.8 Å². The highest BCUT2D eigenvalue weighted by Crippen LogP contribution is 2.32. The normalized spacial score (nSPS) is 14.2. The van der Waals surface area contributed by atoms with E-state index in [9.17, 15) is 18.0 Å². The summed E-state index contributed by atoms with van der Waals surface area (Å²) >= 11 is 0. The van der Waals surface area contributed by atoms with E-state index in [2.05, 4.69) is 9.97 Å².